The first kappa shape index (κ1) is 16.9. The van der Waals surface area contributed by atoms with E-state index in [2.05, 4.69) is 11.1 Å². The summed E-state index contributed by atoms with van der Waals surface area (Å²) in [5, 5.41) is 19.2. The van der Waals surface area contributed by atoms with Gasteiger partial charge in [-0.15, -0.1) is 0 Å². The van der Waals surface area contributed by atoms with Crippen LogP contribution < -0.4 is 9.47 Å². The number of aromatic nitrogens is 1. The minimum absolute atomic E-state index is 0.377. The van der Waals surface area contributed by atoms with Crippen LogP contribution in [0.5, 0.6) is 11.5 Å². The van der Waals surface area contributed by atoms with E-state index in [1.54, 1.807) is 12.1 Å². The Labute approximate surface area is 146 Å². The molecule has 0 aliphatic carbocycles. The third-order valence-electron chi connectivity index (χ3n) is 3.86. The van der Waals surface area contributed by atoms with E-state index in [9.17, 15) is 10.3 Å². The van der Waals surface area contributed by atoms with Gasteiger partial charge in [0, 0.05) is 17.5 Å². The largest absolute Gasteiger partial charge is 0.541 e. The molecular formula is C18H17BN2O4. The smallest absolute Gasteiger partial charge is 0.527 e. The average Bonchev–Trinajstić information content (AvgIpc) is 3.08. The van der Waals surface area contributed by atoms with Crippen molar-refractivity contribution in [1.29, 1.82) is 5.26 Å². The number of allylic oxidation sites excluding steroid dienone is 1. The maximum absolute atomic E-state index is 9.64. The molecule has 0 saturated carbocycles. The Kier molecular flexibility index (Phi) is 4.91. The third-order valence-corrected chi connectivity index (χ3v) is 3.86. The molecule has 1 aliphatic heterocycles. The molecule has 0 bridgehead atoms. The molecule has 0 atom stereocenters. The van der Waals surface area contributed by atoms with Gasteiger partial charge < -0.3 is 19.2 Å². The van der Waals surface area contributed by atoms with Crippen LogP contribution in [-0.4, -0.2) is 30.8 Å². The Morgan fingerprint density at radius 1 is 1.32 bits per heavy atom. The zero-order valence-corrected chi connectivity index (χ0v) is 14.0. The summed E-state index contributed by atoms with van der Waals surface area (Å²) in [6.45, 7) is 2.27. The fraction of sp³-hybridized carbons (Fsp3) is 0.222. The first-order chi connectivity index (χ1) is 12.2. The van der Waals surface area contributed by atoms with Crippen LogP contribution >= 0.6 is 0 Å². The molecule has 0 radical (unpaired) electrons. The van der Waals surface area contributed by atoms with Crippen LogP contribution in [0.25, 0.3) is 16.8 Å². The van der Waals surface area contributed by atoms with Gasteiger partial charge in [0.1, 0.15) is 11.6 Å². The molecule has 0 saturated heterocycles. The molecule has 25 heavy (non-hydrogen) atoms. The lowest BCUT2D eigenvalue weighted by Crippen LogP contribution is -2.08. The first-order valence-electron chi connectivity index (χ1n) is 7.92. The lowest BCUT2D eigenvalue weighted by Gasteiger charge is -2.14. The quantitative estimate of drug-likeness (QED) is 0.845. The van der Waals surface area contributed by atoms with Gasteiger partial charge in [-0.1, -0.05) is 6.07 Å². The number of rotatable bonds is 5. The molecule has 2 aromatic rings. The minimum atomic E-state index is -0.833. The molecule has 3 rings (SSSR count). The van der Waals surface area contributed by atoms with E-state index in [0.717, 1.165) is 5.57 Å². The van der Waals surface area contributed by atoms with Crippen molar-refractivity contribution >= 4 is 12.7 Å². The summed E-state index contributed by atoms with van der Waals surface area (Å²) >= 11 is 0. The van der Waals surface area contributed by atoms with Crippen LogP contribution in [0.2, 0.25) is 6.32 Å². The van der Waals surface area contributed by atoms with E-state index in [1.807, 2.05) is 25.1 Å². The van der Waals surface area contributed by atoms with Crippen molar-refractivity contribution in [2.75, 3.05) is 13.7 Å². The van der Waals surface area contributed by atoms with Gasteiger partial charge in [-0.05, 0) is 31.2 Å². The highest BCUT2D eigenvalue weighted by Crippen LogP contribution is 2.37. The summed E-state index contributed by atoms with van der Waals surface area (Å²) in [5.41, 5.74) is 3.19. The van der Waals surface area contributed by atoms with Crippen molar-refractivity contribution in [2.45, 2.75) is 13.2 Å². The molecule has 1 aromatic heterocycles. The van der Waals surface area contributed by atoms with Gasteiger partial charge in [-0.25, -0.2) is 4.98 Å². The molecule has 126 valence electrons. The number of nitriles is 1. The molecule has 0 unspecified atom stereocenters. The fourth-order valence-electron chi connectivity index (χ4n) is 2.71. The first-order valence-corrected chi connectivity index (χ1v) is 7.92. The van der Waals surface area contributed by atoms with Gasteiger partial charge in [0.2, 0.25) is 0 Å². The zero-order valence-electron chi connectivity index (χ0n) is 14.0. The van der Waals surface area contributed by atoms with Crippen LogP contribution in [-0.2, 0) is 4.65 Å². The molecule has 0 amide bonds. The Bertz CT molecular complexity index is 861. The van der Waals surface area contributed by atoms with E-state index in [4.69, 9.17) is 14.1 Å². The number of methoxy groups -OCH3 is 1. The number of hydrogen-bond donors (Lipinski definition) is 1. The van der Waals surface area contributed by atoms with Crippen molar-refractivity contribution in [3.63, 3.8) is 0 Å². The van der Waals surface area contributed by atoms with Crippen molar-refractivity contribution in [2.24, 2.45) is 0 Å². The summed E-state index contributed by atoms with van der Waals surface area (Å²) in [6.07, 6.45) is 1.90. The lowest BCUT2D eigenvalue weighted by molar-refractivity contribution is 0.310. The minimum Gasteiger partial charge on any atom is -0.541 e. The van der Waals surface area contributed by atoms with Crippen molar-refractivity contribution < 1.29 is 19.2 Å². The van der Waals surface area contributed by atoms with Crippen LogP contribution in [0, 0.1) is 11.3 Å². The van der Waals surface area contributed by atoms with Gasteiger partial charge >= 0.3 is 7.12 Å². The summed E-state index contributed by atoms with van der Waals surface area (Å²) in [5.74, 6) is 0.921. The summed E-state index contributed by atoms with van der Waals surface area (Å²) in [4.78, 5) is 4.62. The Balaban J connectivity index is 2.08. The van der Waals surface area contributed by atoms with Gasteiger partial charge in [-0.2, -0.15) is 5.26 Å². The Morgan fingerprint density at radius 3 is 2.76 bits per heavy atom. The molecule has 7 heteroatoms. The molecular weight excluding hydrogens is 319 g/mol. The second-order valence-electron chi connectivity index (χ2n) is 5.41. The molecule has 1 N–H and O–H groups in total. The number of ether oxygens (including phenoxy) is 2. The molecule has 6 nitrogen and oxygen atoms in total. The Morgan fingerprint density at radius 2 is 2.12 bits per heavy atom. The topological polar surface area (TPSA) is 84.6 Å². The van der Waals surface area contributed by atoms with Crippen LogP contribution in [0.1, 0.15) is 18.2 Å². The second kappa shape index (κ2) is 7.28. The summed E-state index contributed by atoms with van der Waals surface area (Å²) < 4.78 is 16.0. The SMILES string of the molecule is CCOc1c(OC)ccc(-c2cccc(C3=COB(O)C3)n2)c1C#N. The highest BCUT2D eigenvalue weighted by Gasteiger charge is 2.25. The van der Waals surface area contributed by atoms with E-state index >= 15 is 0 Å². The number of nitrogens with zero attached hydrogens (tertiary/aromatic N) is 2. The predicted octanol–water partition coefficient (Wildman–Crippen LogP) is 2.88. The maximum atomic E-state index is 9.64. The fourth-order valence-corrected chi connectivity index (χ4v) is 2.71. The van der Waals surface area contributed by atoms with Crippen molar-refractivity contribution in [3.8, 4) is 28.8 Å². The maximum Gasteiger partial charge on any atom is 0.527 e. The summed E-state index contributed by atoms with van der Waals surface area (Å²) in [7, 11) is 0.704. The van der Waals surface area contributed by atoms with Crippen molar-refractivity contribution in [3.05, 3.63) is 47.9 Å². The zero-order chi connectivity index (χ0) is 17.8. The number of hydrogen-bond acceptors (Lipinski definition) is 6. The van der Waals surface area contributed by atoms with E-state index in [-0.39, 0.29) is 0 Å². The monoisotopic (exact) mass is 336 g/mol. The van der Waals surface area contributed by atoms with Gasteiger partial charge in [0.05, 0.1) is 31.4 Å². The molecule has 1 aromatic carbocycles. The summed E-state index contributed by atoms with van der Waals surface area (Å²) in [6, 6.07) is 11.3. The van der Waals surface area contributed by atoms with Gasteiger partial charge in [0.25, 0.3) is 0 Å². The van der Waals surface area contributed by atoms with Gasteiger partial charge in [-0.3, -0.25) is 0 Å². The molecule has 2 heterocycles. The van der Waals surface area contributed by atoms with Crippen LogP contribution in [0.15, 0.2) is 36.6 Å². The van der Waals surface area contributed by atoms with E-state index < -0.39 is 7.12 Å². The lowest BCUT2D eigenvalue weighted by atomic mass is 9.83. The number of benzene rings is 1. The second-order valence-corrected chi connectivity index (χ2v) is 5.41. The predicted molar refractivity (Wildman–Crippen MR) is 94.0 cm³/mol. The number of pyridine rings is 1. The Hall–Kier alpha value is -2.98. The standard InChI is InChI=1S/C18H17BN2O4/c1-3-24-18-14(10-20)13(7-8-17(18)23-2)16-6-4-5-15(21-16)12-9-19(22)25-11-12/h4-8,11,22H,3,9H2,1-2H3. The molecule has 0 spiro atoms. The van der Waals surface area contributed by atoms with E-state index in [1.165, 1.54) is 13.4 Å². The normalized spacial score (nSPS) is 13.0. The molecule has 1 aliphatic rings. The highest BCUT2D eigenvalue weighted by atomic mass is 16.5. The molecule has 0 fully saturated rings. The average molecular weight is 336 g/mol. The highest BCUT2D eigenvalue weighted by molar-refractivity contribution is 6.47. The van der Waals surface area contributed by atoms with Crippen LogP contribution in [0.3, 0.4) is 0 Å². The van der Waals surface area contributed by atoms with E-state index in [0.29, 0.717) is 46.9 Å². The van der Waals surface area contributed by atoms with Gasteiger partial charge in [0.15, 0.2) is 11.5 Å². The van der Waals surface area contributed by atoms with Crippen LogP contribution in [0.4, 0.5) is 0 Å². The van der Waals surface area contributed by atoms with Crippen molar-refractivity contribution in [1.82, 2.24) is 4.98 Å². The third kappa shape index (κ3) is 3.30.